The summed E-state index contributed by atoms with van der Waals surface area (Å²) in [6, 6.07) is 0. The van der Waals surface area contributed by atoms with E-state index in [9.17, 15) is 0 Å². The first-order valence-electron chi connectivity index (χ1n) is 7.10. The van der Waals surface area contributed by atoms with Gasteiger partial charge in [-0.1, -0.05) is 5.16 Å². The van der Waals surface area contributed by atoms with E-state index in [0.29, 0.717) is 24.0 Å². The third-order valence-corrected chi connectivity index (χ3v) is 4.54. The highest BCUT2D eigenvalue weighted by molar-refractivity contribution is 5.08. The SMILES string of the molecule is C1CNCC(c2nc(C3CC4CCC3O4)no2)C1. The lowest BCUT2D eigenvalue weighted by Gasteiger charge is -2.19. The van der Waals surface area contributed by atoms with Gasteiger partial charge in [0.15, 0.2) is 5.82 Å². The van der Waals surface area contributed by atoms with Gasteiger partial charge in [0.05, 0.1) is 24.0 Å². The molecule has 5 heteroatoms. The molecule has 4 heterocycles. The number of hydrogen-bond acceptors (Lipinski definition) is 5. The van der Waals surface area contributed by atoms with Gasteiger partial charge < -0.3 is 14.6 Å². The summed E-state index contributed by atoms with van der Waals surface area (Å²) < 4.78 is 11.3. The highest BCUT2D eigenvalue weighted by Crippen LogP contribution is 2.43. The van der Waals surface area contributed by atoms with Gasteiger partial charge in [0.2, 0.25) is 5.89 Å². The Kier molecular flexibility index (Phi) is 2.62. The van der Waals surface area contributed by atoms with E-state index in [2.05, 4.69) is 15.5 Å². The number of ether oxygens (including phenoxy) is 1. The molecule has 18 heavy (non-hydrogen) atoms. The second-order valence-corrected chi connectivity index (χ2v) is 5.75. The Bertz CT molecular complexity index is 428. The van der Waals surface area contributed by atoms with Gasteiger partial charge in [-0.05, 0) is 38.6 Å². The van der Waals surface area contributed by atoms with Gasteiger partial charge in [-0.3, -0.25) is 0 Å². The van der Waals surface area contributed by atoms with Gasteiger partial charge in [-0.15, -0.1) is 0 Å². The second kappa shape index (κ2) is 4.31. The smallest absolute Gasteiger partial charge is 0.231 e. The summed E-state index contributed by atoms with van der Waals surface area (Å²) in [6.07, 6.45) is 6.57. The Hall–Kier alpha value is -0.940. The predicted octanol–water partition coefficient (Wildman–Crippen LogP) is 1.57. The third-order valence-electron chi connectivity index (χ3n) is 4.54. The van der Waals surface area contributed by atoms with Crippen LogP contribution in [-0.2, 0) is 4.74 Å². The van der Waals surface area contributed by atoms with Crippen LogP contribution < -0.4 is 5.32 Å². The molecule has 2 bridgehead atoms. The largest absolute Gasteiger partial charge is 0.374 e. The van der Waals surface area contributed by atoms with Crippen molar-refractivity contribution in [3.05, 3.63) is 11.7 Å². The molecule has 3 fully saturated rings. The van der Waals surface area contributed by atoms with E-state index >= 15 is 0 Å². The molecule has 3 aliphatic rings. The Morgan fingerprint density at radius 1 is 1.22 bits per heavy atom. The minimum absolute atomic E-state index is 0.338. The molecule has 0 aliphatic carbocycles. The molecule has 0 spiro atoms. The molecule has 0 aromatic carbocycles. The molecular formula is C13H19N3O2. The number of nitrogens with one attached hydrogen (secondary N) is 1. The summed E-state index contributed by atoms with van der Waals surface area (Å²) in [6.45, 7) is 2.08. The van der Waals surface area contributed by atoms with Crippen LogP contribution in [0.4, 0.5) is 0 Å². The van der Waals surface area contributed by atoms with Crippen molar-refractivity contribution >= 4 is 0 Å². The van der Waals surface area contributed by atoms with E-state index < -0.39 is 0 Å². The lowest BCUT2D eigenvalue weighted by atomic mass is 9.89. The zero-order chi connectivity index (χ0) is 11.9. The van der Waals surface area contributed by atoms with Gasteiger partial charge in [-0.2, -0.15) is 4.98 Å². The minimum atomic E-state index is 0.338. The predicted molar refractivity (Wildman–Crippen MR) is 64.4 cm³/mol. The molecule has 0 saturated carbocycles. The van der Waals surface area contributed by atoms with E-state index in [1.807, 2.05) is 0 Å². The highest BCUT2D eigenvalue weighted by atomic mass is 16.5. The van der Waals surface area contributed by atoms with Crippen molar-refractivity contribution in [1.29, 1.82) is 0 Å². The third kappa shape index (κ3) is 1.77. The average Bonchev–Trinajstić information content (AvgIpc) is 3.15. The second-order valence-electron chi connectivity index (χ2n) is 5.75. The highest BCUT2D eigenvalue weighted by Gasteiger charge is 2.43. The van der Waals surface area contributed by atoms with Crippen LogP contribution in [0.2, 0.25) is 0 Å². The van der Waals surface area contributed by atoms with Crippen LogP contribution in [-0.4, -0.2) is 35.4 Å². The van der Waals surface area contributed by atoms with Crippen molar-refractivity contribution in [3.63, 3.8) is 0 Å². The van der Waals surface area contributed by atoms with Crippen LogP contribution in [0.3, 0.4) is 0 Å². The summed E-state index contributed by atoms with van der Waals surface area (Å²) in [7, 11) is 0. The molecule has 0 amide bonds. The van der Waals surface area contributed by atoms with E-state index in [1.165, 1.54) is 12.8 Å². The Morgan fingerprint density at radius 2 is 2.22 bits per heavy atom. The number of rotatable bonds is 2. The quantitative estimate of drug-likeness (QED) is 0.862. The fourth-order valence-corrected chi connectivity index (χ4v) is 3.54. The van der Waals surface area contributed by atoms with Crippen LogP contribution in [0.1, 0.15) is 55.7 Å². The summed E-state index contributed by atoms with van der Waals surface area (Å²) in [5, 5.41) is 7.58. The molecule has 5 nitrogen and oxygen atoms in total. The molecule has 1 N–H and O–H groups in total. The normalized spacial score (nSPS) is 39.3. The lowest BCUT2D eigenvalue weighted by molar-refractivity contribution is 0.0996. The van der Waals surface area contributed by atoms with Gasteiger partial charge in [0, 0.05) is 6.54 Å². The fraction of sp³-hybridized carbons (Fsp3) is 0.846. The number of fused-ring (bicyclic) bond motifs is 2. The first-order chi connectivity index (χ1) is 8.90. The van der Waals surface area contributed by atoms with E-state index in [0.717, 1.165) is 44.1 Å². The summed E-state index contributed by atoms with van der Waals surface area (Å²) in [5.41, 5.74) is 0. The minimum Gasteiger partial charge on any atom is -0.374 e. The van der Waals surface area contributed by atoms with Crippen LogP contribution in [0.5, 0.6) is 0 Å². The topological polar surface area (TPSA) is 60.2 Å². The molecule has 4 rings (SSSR count). The number of aromatic nitrogens is 2. The van der Waals surface area contributed by atoms with Crippen LogP contribution in [0.15, 0.2) is 4.52 Å². The van der Waals surface area contributed by atoms with Crippen molar-refractivity contribution in [2.75, 3.05) is 13.1 Å². The van der Waals surface area contributed by atoms with Gasteiger partial charge in [-0.25, -0.2) is 0 Å². The molecule has 4 atom stereocenters. The Labute approximate surface area is 106 Å². The number of nitrogens with zero attached hydrogens (tertiary/aromatic N) is 2. The van der Waals surface area contributed by atoms with Crippen molar-refractivity contribution in [2.24, 2.45) is 0 Å². The van der Waals surface area contributed by atoms with E-state index in [-0.39, 0.29) is 0 Å². The summed E-state index contributed by atoms with van der Waals surface area (Å²) in [4.78, 5) is 4.64. The van der Waals surface area contributed by atoms with Crippen LogP contribution in [0.25, 0.3) is 0 Å². The molecule has 1 aromatic heterocycles. The van der Waals surface area contributed by atoms with Crippen molar-refractivity contribution < 1.29 is 9.26 Å². The maximum absolute atomic E-state index is 5.86. The van der Waals surface area contributed by atoms with Gasteiger partial charge >= 0.3 is 0 Å². The number of hydrogen-bond donors (Lipinski definition) is 1. The van der Waals surface area contributed by atoms with E-state index in [1.54, 1.807) is 0 Å². The molecular weight excluding hydrogens is 230 g/mol. The molecule has 3 saturated heterocycles. The van der Waals surface area contributed by atoms with Gasteiger partial charge in [0.25, 0.3) is 0 Å². The Balaban J connectivity index is 1.51. The summed E-state index contributed by atoms with van der Waals surface area (Å²) >= 11 is 0. The first-order valence-corrected chi connectivity index (χ1v) is 7.10. The van der Waals surface area contributed by atoms with Crippen LogP contribution in [0, 0.1) is 0 Å². The van der Waals surface area contributed by atoms with Gasteiger partial charge in [0.1, 0.15) is 0 Å². The maximum atomic E-state index is 5.86. The number of piperidine rings is 1. The van der Waals surface area contributed by atoms with Crippen molar-refractivity contribution in [1.82, 2.24) is 15.5 Å². The first kappa shape index (κ1) is 10.9. The average molecular weight is 249 g/mol. The van der Waals surface area contributed by atoms with E-state index in [4.69, 9.17) is 9.26 Å². The standard InChI is InChI=1S/C13H19N3O2/c1-2-8(7-14-5-1)13-15-12(16-18-13)10-6-9-3-4-11(10)17-9/h8-11,14H,1-7H2. The molecule has 98 valence electrons. The fourth-order valence-electron chi connectivity index (χ4n) is 3.54. The monoisotopic (exact) mass is 249 g/mol. The maximum Gasteiger partial charge on any atom is 0.231 e. The molecule has 4 unspecified atom stereocenters. The zero-order valence-corrected chi connectivity index (χ0v) is 10.5. The van der Waals surface area contributed by atoms with Crippen LogP contribution >= 0.6 is 0 Å². The van der Waals surface area contributed by atoms with Crippen molar-refractivity contribution in [2.45, 2.75) is 56.1 Å². The van der Waals surface area contributed by atoms with Crippen molar-refractivity contribution in [3.8, 4) is 0 Å². The molecule has 0 radical (unpaired) electrons. The molecule has 1 aromatic rings. The summed E-state index contributed by atoms with van der Waals surface area (Å²) in [5.74, 6) is 2.47. The lowest BCUT2D eigenvalue weighted by Crippen LogP contribution is -2.28. The zero-order valence-electron chi connectivity index (χ0n) is 10.5. The molecule has 3 aliphatic heterocycles. The Morgan fingerprint density at radius 3 is 2.94 bits per heavy atom.